The molecule has 0 bridgehead atoms. The summed E-state index contributed by atoms with van der Waals surface area (Å²) in [5, 5.41) is 0.708. The minimum Gasteiger partial charge on any atom is -0.497 e. The summed E-state index contributed by atoms with van der Waals surface area (Å²) in [6.45, 7) is 0. The van der Waals surface area contributed by atoms with Crippen LogP contribution in [0.1, 0.15) is 10.4 Å². The van der Waals surface area contributed by atoms with Crippen molar-refractivity contribution in [1.82, 2.24) is 9.55 Å². The summed E-state index contributed by atoms with van der Waals surface area (Å²) in [6, 6.07) is 21.9. The quantitative estimate of drug-likeness (QED) is 0.306. The largest absolute Gasteiger partial charge is 0.497 e. The molecule has 1 heterocycles. The molecule has 9 heteroatoms. The molecule has 4 rings (SSSR count). The van der Waals surface area contributed by atoms with Gasteiger partial charge in [-0.2, -0.15) is 0 Å². The van der Waals surface area contributed by atoms with Gasteiger partial charge in [0.25, 0.3) is 0 Å². The SMILES string of the molecule is COc1ccc(-n2c(SCC(=O)c3ccc(NS(C)(=O)=O)cc3)nc3ccccc32)cc1. The average Bonchev–Trinajstić information content (AvgIpc) is 3.15. The van der Waals surface area contributed by atoms with Crippen LogP contribution < -0.4 is 9.46 Å². The number of ketones is 1. The first-order valence-corrected chi connectivity index (χ1v) is 12.6. The number of nitrogens with zero attached hydrogens (tertiary/aromatic N) is 2. The summed E-state index contributed by atoms with van der Waals surface area (Å²) in [7, 11) is -1.74. The maximum Gasteiger partial charge on any atom is 0.229 e. The average molecular weight is 468 g/mol. The summed E-state index contributed by atoms with van der Waals surface area (Å²) >= 11 is 1.35. The smallest absolute Gasteiger partial charge is 0.229 e. The van der Waals surface area contributed by atoms with Gasteiger partial charge >= 0.3 is 0 Å². The number of benzene rings is 3. The molecule has 3 aromatic carbocycles. The van der Waals surface area contributed by atoms with E-state index in [1.165, 1.54) is 11.8 Å². The van der Waals surface area contributed by atoms with Gasteiger partial charge in [0.2, 0.25) is 10.0 Å². The monoisotopic (exact) mass is 467 g/mol. The predicted octanol–water partition coefficient (Wildman–Crippen LogP) is 4.38. The van der Waals surface area contributed by atoms with Crippen LogP contribution in [-0.2, 0) is 10.0 Å². The fourth-order valence-corrected chi connectivity index (χ4v) is 4.72. The number of sulfonamides is 1. The topological polar surface area (TPSA) is 90.3 Å². The van der Waals surface area contributed by atoms with Gasteiger partial charge in [-0.15, -0.1) is 0 Å². The number of hydrogen-bond acceptors (Lipinski definition) is 6. The molecule has 1 N–H and O–H groups in total. The molecule has 4 aromatic rings. The maximum atomic E-state index is 12.7. The first kappa shape index (κ1) is 21.9. The number of carbonyl (C=O) groups is 1. The Labute approximate surface area is 190 Å². The lowest BCUT2D eigenvalue weighted by atomic mass is 10.1. The van der Waals surface area contributed by atoms with Gasteiger partial charge < -0.3 is 4.74 Å². The molecule has 0 saturated carbocycles. The van der Waals surface area contributed by atoms with E-state index in [1.54, 1.807) is 31.4 Å². The van der Waals surface area contributed by atoms with Crippen LogP contribution in [0.2, 0.25) is 0 Å². The minimum atomic E-state index is -3.36. The third-order valence-corrected chi connectivity index (χ3v) is 6.25. The van der Waals surface area contributed by atoms with E-state index in [0.717, 1.165) is 28.7 Å². The van der Waals surface area contributed by atoms with Gasteiger partial charge in [0.1, 0.15) is 5.75 Å². The second-order valence-electron chi connectivity index (χ2n) is 7.08. The van der Waals surface area contributed by atoms with Gasteiger partial charge in [-0.1, -0.05) is 23.9 Å². The lowest BCUT2D eigenvalue weighted by Crippen LogP contribution is -2.10. The lowest BCUT2D eigenvalue weighted by Gasteiger charge is -2.10. The number of fused-ring (bicyclic) bond motifs is 1. The van der Waals surface area contributed by atoms with Crippen molar-refractivity contribution in [3.05, 3.63) is 78.4 Å². The molecule has 0 saturated heterocycles. The second kappa shape index (κ2) is 9.05. The molecule has 32 heavy (non-hydrogen) atoms. The fourth-order valence-electron chi connectivity index (χ4n) is 3.23. The van der Waals surface area contributed by atoms with E-state index < -0.39 is 10.0 Å². The number of carbonyl (C=O) groups excluding carboxylic acids is 1. The van der Waals surface area contributed by atoms with Gasteiger partial charge in [0, 0.05) is 16.9 Å². The van der Waals surface area contributed by atoms with Gasteiger partial charge in [-0.05, 0) is 60.7 Å². The molecular formula is C23H21N3O4S2. The second-order valence-corrected chi connectivity index (χ2v) is 9.77. The van der Waals surface area contributed by atoms with E-state index in [9.17, 15) is 13.2 Å². The lowest BCUT2D eigenvalue weighted by molar-refractivity contribution is 0.102. The zero-order chi connectivity index (χ0) is 22.7. The molecule has 0 amide bonds. The van der Waals surface area contributed by atoms with E-state index in [2.05, 4.69) is 4.72 Å². The summed E-state index contributed by atoms with van der Waals surface area (Å²) in [6.07, 6.45) is 1.08. The van der Waals surface area contributed by atoms with E-state index in [0.29, 0.717) is 16.4 Å². The van der Waals surface area contributed by atoms with E-state index in [-0.39, 0.29) is 11.5 Å². The molecule has 0 atom stereocenters. The first-order valence-electron chi connectivity index (χ1n) is 9.70. The van der Waals surface area contributed by atoms with Crippen molar-refractivity contribution in [3.8, 4) is 11.4 Å². The number of hydrogen-bond donors (Lipinski definition) is 1. The Balaban J connectivity index is 1.57. The number of anilines is 1. The van der Waals surface area contributed by atoms with Crippen LogP contribution >= 0.6 is 11.8 Å². The van der Waals surface area contributed by atoms with E-state index in [1.807, 2.05) is 53.1 Å². The number of ether oxygens (including phenoxy) is 1. The molecule has 0 aliphatic heterocycles. The molecule has 0 unspecified atom stereocenters. The van der Waals surface area contributed by atoms with Crippen LogP contribution in [0.5, 0.6) is 5.75 Å². The van der Waals surface area contributed by atoms with Crippen molar-refractivity contribution in [1.29, 1.82) is 0 Å². The third-order valence-electron chi connectivity index (χ3n) is 4.70. The van der Waals surface area contributed by atoms with Crippen LogP contribution in [0.3, 0.4) is 0 Å². The minimum absolute atomic E-state index is 0.0748. The Morgan fingerprint density at radius 1 is 1.03 bits per heavy atom. The Morgan fingerprint density at radius 3 is 2.38 bits per heavy atom. The van der Waals surface area contributed by atoms with Crippen molar-refractivity contribution < 1.29 is 17.9 Å². The molecule has 0 aliphatic carbocycles. The van der Waals surface area contributed by atoms with Crippen molar-refractivity contribution in [2.45, 2.75) is 5.16 Å². The van der Waals surface area contributed by atoms with Crippen LogP contribution in [0, 0.1) is 0 Å². The van der Waals surface area contributed by atoms with Gasteiger partial charge in [-0.25, -0.2) is 13.4 Å². The van der Waals surface area contributed by atoms with Crippen molar-refractivity contribution in [3.63, 3.8) is 0 Å². The van der Waals surface area contributed by atoms with E-state index >= 15 is 0 Å². The van der Waals surface area contributed by atoms with Crippen LogP contribution in [-0.4, -0.2) is 42.9 Å². The summed E-state index contributed by atoms with van der Waals surface area (Å²) in [5.41, 5.74) is 3.63. The highest BCUT2D eigenvalue weighted by Crippen LogP contribution is 2.29. The highest BCUT2D eigenvalue weighted by molar-refractivity contribution is 7.99. The van der Waals surface area contributed by atoms with Crippen molar-refractivity contribution in [2.24, 2.45) is 0 Å². The van der Waals surface area contributed by atoms with Gasteiger partial charge in [0.05, 0.1) is 30.2 Å². The molecule has 164 valence electrons. The van der Waals surface area contributed by atoms with Crippen molar-refractivity contribution >= 4 is 44.3 Å². The Morgan fingerprint density at radius 2 is 1.72 bits per heavy atom. The summed E-state index contributed by atoms with van der Waals surface area (Å²) in [5.74, 6) is 0.879. The zero-order valence-corrected chi connectivity index (χ0v) is 19.1. The molecular weight excluding hydrogens is 446 g/mol. The molecule has 0 radical (unpaired) electrons. The molecule has 1 aromatic heterocycles. The number of nitrogens with one attached hydrogen (secondary N) is 1. The first-order chi connectivity index (χ1) is 15.3. The standard InChI is InChI=1S/C23H21N3O4S2/c1-30-19-13-11-18(12-14-19)26-21-6-4-3-5-20(21)24-23(26)31-15-22(27)16-7-9-17(10-8-16)25-32(2,28)29/h3-14,25H,15H2,1-2H3. The Bertz CT molecular complexity index is 1360. The number of Topliss-reactive ketones (excluding diaryl/α,β-unsaturated/α-hetero) is 1. The third kappa shape index (κ3) is 4.95. The predicted molar refractivity (Wildman–Crippen MR) is 128 cm³/mol. The van der Waals surface area contributed by atoms with Crippen LogP contribution in [0.4, 0.5) is 5.69 Å². The zero-order valence-electron chi connectivity index (χ0n) is 17.5. The molecule has 7 nitrogen and oxygen atoms in total. The highest BCUT2D eigenvalue weighted by Gasteiger charge is 2.15. The molecule has 0 spiro atoms. The number of aromatic nitrogens is 2. The van der Waals surface area contributed by atoms with Crippen LogP contribution in [0.25, 0.3) is 16.7 Å². The van der Waals surface area contributed by atoms with Crippen LogP contribution in [0.15, 0.2) is 78.0 Å². The number of imidazole rings is 1. The number of para-hydroxylation sites is 2. The molecule has 0 fully saturated rings. The molecule has 0 aliphatic rings. The number of rotatable bonds is 8. The maximum absolute atomic E-state index is 12.7. The Kier molecular flexibility index (Phi) is 6.20. The van der Waals surface area contributed by atoms with Crippen molar-refractivity contribution in [2.75, 3.05) is 23.8 Å². The van der Waals surface area contributed by atoms with E-state index in [4.69, 9.17) is 9.72 Å². The Hall–Kier alpha value is -3.30. The highest BCUT2D eigenvalue weighted by atomic mass is 32.2. The van der Waals surface area contributed by atoms with Gasteiger partial charge in [-0.3, -0.25) is 14.1 Å². The normalized spacial score (nSPS) is 11.4. The number of thioether (sulfide) groups is 1. The summed E-state index contributed by atoms with van der Waals surface area (Å²) < 4.78 is 32.3. The van der Waals surface area contributed by atoms with Gasteiger partial charge in [0.15, 0.2) is 10.9 Å². The fraction of sp³-hybridized carbons (Fsp3) is 0.130. The number of methoxy groups -OCH3 is 1. The summed E-state index contributed by atoms with van der Waals surface area (Å²) in [4.78, 5) is 17.5.